The van der Waals surface area contributed by atoms with Crippen LogP contribution >= 0.6 is 0 Å². The van der Waals surface area contributed by atoms with Crippen molar-refractivity contribution in [2.24, 2.45) is 5.92 Å². The molecule has 0 fully saturated rings. The summed E-state index contributed by atoms with van der Waals surface area (Å²) in [6.45, 7) is 9.00. The highest BCUT2D eigenvalue weighted by molar-refractivity contribution is 5.56. The highest BCUT2D eigenvalue weighted by Gasteiger charge is 2.15. The third-order valence-corrected chi connectivity index (χ3v) is 3.98. The quantitative estimate of drug-likeness (QED) is 0.858. The predicted octanol–water partition coefficient (Wildman–Crippen LogP) is 3.13. The van der Waals surface area contributed by atoms with Gasteiger partial charge in [0.2, 0.25) is 0 Å². The second-order valence-electron chi connectivity index (χ2n) is 5.57. The molecule has 1 aromatic rings. The zero-order chi connectivity index (χ0) is 12.4. The van der Waals surface area contributed by atoms with Crippen LogP contribution in [0.25, 0.3) is 0 Å². The Morgan fingerprint density at radius 3 is 2.76 bits per heavy atom. The summed E-state index contributed by atoms with van der Waals surface area (Å²) in [6.07, 6.45) is 1.17. The van der Waals surface area contributed by atoms with Crippen LogP contribution in [0.4, 0.5) is 5.69 Å². The fraction of sp³-hybridized carbons (Fsp3) is 0.600. The van der Waals surface area contributed by atoms with Crippen molar-refractivity contribution in [2.45, 2.75) is 39.8 Å². The lowest BCUT2D eigenvalue weighted by atomic mass is 10.0. The zero-order valence-electron chi connectivity index (χ0n) is 11.5. The average Bonchev–Trinajstić information content (AvgIpc) is 2.74. The second-order valence-corrected chi connectivity index (χ2v) is 5.57. The van der Waals surface area contributed by atoms with Gasteiger partial charge in [-0.05, 0) is 43.5 Å². The van der Waals surface area contributed by atoms with E-state index in [1.54, 1.807) is 0 Å². The molecule has 0 amide bonds. The van der Waals surface area contributed by atoms with Gasteiger partial charge in [-0.15, -0.1) is 0 Å². The molecule has 1 unspecified atom stereocenters. The molecule has 94 valence electrons. The van der Waals surface area contributed by atoms with Gasteiger partial charge in [-0.1, -0.05) is 26.0 Å². The molecule has 17 heavy (non-hydrogen) atoms. The summed E-state index contributed by atoms with van der Waals surface area (Å²) in [7, 11) is 2.21. The lowest BCUT2D eigenvalue weighted by Crippen LogP contribution is -2.32. The van der Waals surface area contributed by atoms with E-state index in [4.69, 9.17) is 0 Å². The molecule has 1 atom stereocenters. The smallest absolute Gasteiger partial charge is 0.0376 e. The highest BCUT2D eigenvalue weighted by atomic mass is 15.1. The Balaban J connectivity index is 2.04. The van der Waals surface area contributed by atoms with Gasteiger partial charge in [0.15, 0.2) is 0 Å². The topological polar surface area (TPSA) is 15.3 Å². The van der Waals surface area contributed by atoms with Crippen LogP contribution in [0, 0.1) is 5.92 Å². The van der Waals surface area contributed by atoms with Gasteiger partial charge in [-0.25, -0.2) is 0 Å². The van der Waals surface area contributed by atoms with E-state index in [0.29, 0.717) is 12.0 Å². The van der Waals surface area contributed by atoms with Crippen LogP contribution < -0.4 is 5.32 Å². The van der Waals surface area contributed by atoms with E-state index in [1.807, 2.05) is 0 Å². The van der Waals surface area contributed by atoms with Gasteiger partial charge in [0.1, 0.15) is 0 Å². The molecule has 1 aliphatic rings. The third-order valence-electron chi connectivity index (χ3n) is 3.98. The van der Waals surface area contributed by atoms with E-state index >= 15 is 0 Å². The molecular formula is C15H24N2. The molecule has 2 heteroatoms. The molecule has 0 spiro atoms. The van der Waals surface area contributed by atoms with E-state index in [1.165, 1.54) is 23.2 Å². The minimum atomic E-state index is 0.621. The summed E-state index contributed by atoms with van der Waals surface area (Å²) in [5.74, 6) is 0.701. The number of rotatable bonds is 4. The predicted molar refractivity (Wildman–Crippen MR) is 74.4 cm³/mol. The van der Waals surface area contributed by atoms with E-state index < -0.39 is 0 Å². The van der Waals surface area contributed by atoms with Crippen molar-refractivity contribution in [3.8, 4) is 0 Å². The van der Waals surface area contributed by atoms with E-state index in [2.05, 4.69) is 56.2 Å². The Morgan fingerprint density at radius 2 is 2.06 bits per heavy atom. The van der Waals surface area contributed by atoms with Gasteiger partial charge in [0.25, 0.3) is 0 Å². The van der Waals surface area contributed by atoms with Crippen LogP contribution in [0.2, 0.25) is 0 Å². The Morgan fingerprint density at radius 1 is 1.29 bits per heavy atom. The van der Waals surface area contributed by atoms with Crippen LogP contribution in [-0.4, -0.2) is 24.5 Å². The lowest BCUT2D eigenvalue weighted by molar-refractivity contribution is 0.200. The van der Waals surface area contributed by atoms with Gasteiger partial charge in [-0.2, -0.15) is 0 Å². The highest BCUT2D eigenvalue weighted by Crippen LogP contribution is 2.24. The molecule has 1 N–H and O–H groups in total. The molecule has 0 saturated heterocycles. The maximum absolute atomic E-state index is 3.45. The van der Waals surface area contributed by atoms with Crippen molar-refractivity contribution in [1.82, 2.24) is 4.90 Å². The van der Waals surface area contributed by atoms with Gasteiger partial charge in [0.05, 0.1) is 0 Å². The molecular weight excluding hydrogens is 208 g/mol. The van der Waals surface area contributed by atoms with E-state index in [-0.39, 0.29) is 0 Å². The number of benzene rings is 1. The molecule has 0 saturated carbocycles. The minimum absolute atomic E-state index is 0.621. The van der Waals surface area contributed by atoms with E-state index in [9.17, 15) is 0 Å². The third kappa shape index (κ3) is 2.81. The van der Waals surface area contributed by atoms with Crippen molar-refractivity contribution in [2.75, 3.05) is 18.9 Å². The van der Waals surface area contributed by atoms with Crippen molar-refractivity contribution < 1.29 is 0 Å². The first-order valence-corrected chi connectivity index (χ1v) is 6.64. The fourth-order valence-electron chi connectivity index (χ4n) is 2.38. The first-order chi connectivity index (χ1) is 8.08. The molecule has 2 rings (SSSR count). The zero-order valence-corrected chi connectivity index (χ0v) is 11.5. The van der Waals surface area contributed by atoms with Crippen molar-refractivity contribution >= 4 is 5.69 Å². The Kier molecular flexibility index (Phi) is 3.72. The summed E-state index contributed by atoms with van der Waals surface area (Å²) in [4.78, 5) is 2.43. The number of nitrogens with one attached hydrogen (secondary N) is 1. The average molecular weight is 232 g/mol. The summed E-state index contributed by atoms with van der Waals surface area (Å²) in [5, 5.41) is 3.45. The molecule has 0 aliphatic carbocycles. The molecule has 0 radical (unpaired) electrons. The Hall–Kier alpha value is -1.02. The summed E-state index contributed by atoms with van der Waals surface area (Å²) in [5.41, 5.74) is 4.22. The molecule has 0 aromatic heterocycles. The Labute approximate surface area is 105 Å². The standard InChI is InChI=1S/C15H24N2/c1-11(2)12(3)17(4)10-13-5-6-14-7-8-16-15(14)9-13/h5-6,9,11-12,16H,7-8,10H2,1-4H3. The number of anilines is 1. The first-order valence-electron chi connectivity index (χ1n) is 6.64. The van der Waals surface area contributed by atoms with Crippen molar-refractivity contribution in [3.63, 3.8) is 0 Å². The molecule has 1 aliphatic heterocycles. The molecule has 1 heterocycles. The van der Waals surface area contributed by atoms with Crippen molar-refractivity contribution in [3.05, 3.63) is 29.3 Å². The maximum Gasteiger partial charge on any atom is 0.0376 e. The Bertz CT molecular complexity index is 385. The summed E-state index contributed by atoms with van der Waals surface area (Å²) < 4.78 is 0. The van der Waals surface area contributed by atoms with Gasteiger partial charge >= 0.3 is 0 Å². The van der Waals surface area contributed by atoms with Crippen molar-refractivity contribution in [1.29, 1.82) is 0 Å². The van der Waals surface area contributed by atoms with Crippen LogP contribution in [0.5, 0.6) is 0 Å². The lowest BCUT2D eigenvalue weighted by Gasteiger charge is -2.28. The second kappa shape index (κ2) is 5.09. The number of nitrogens with zero attached hydrogens (tertiary/aromatic N) is 1. The maximum atomic E-state index is 3.45. The van der Waals surface area contributed by atoms with Gasteiger partial charge in [-0.3, -0.25) is 4.90 Å². The van der Waals surface area contributed by atoms with Crippen LogP contribution in [0.1, 0.15) is 31.9 Å². The molecule has 1 aromatic carbocycles. The summed E-state index contributed by atoms with van der Waals surface area (Å²) >= 11 is 0. The largest absolute Gasteiger partial charge is 0.384 e. The molecule has 0 bridgehead atoms. The molecule has 2 nitrogen and oxygen atoms in total. The van der Waals surface area contributed by atoms with Crippen LogP contribution in [0.15, 0.2) is 18.2 Å². The van der Waals surface area contributed by atoms with Gasteiger partial charge in [0, 0.05) is 24.8 Å². The number of hydrogen-bond donors (Lipinski definition) is 1. The van der Waals surface area contributed by atoms with Crippen LogP contribution in [-0.2, 0) is 13.0 Å². The first kappa shape index (κ1) is 12.4. The van der Waals surface area contributed by atoms with Crippen LogP contribution in [0.3, 0.4) is 0 Å². The summed E-state index contributed by atoms with van der Waals surface area (Å²) in [6, 6.07) is 7.48. The van der Waals surface area contributed by atoms with Gasteiger partial charge < -0.3 is 5.32 Å². The normalized spacial score (nSPS) is 16.1. The minimum Gasteiger partial charge on any atom is -0.384 e. The SMILES string of the molecule is CC(C)C(C)N(C)Cc1ccc2c(c1)NCC2. The van der Waals surface area contributed by atoms with E-state index in [0.717, 1.165) is 13.1 Å². The number of hydrogen-bond acceptors (Lipinski definition) is 2. The fourth-order valence-corrected chi connectivity index (χ4v) is 2.38. The number of fused-ring (bicyclic) bond motifs is 1. The monoisotopic (exact) mass is 232 g/mol.